The summed E-state index contributed by atoms with van der Waals surface area (Å²) in [5.74, 6) is 0. The number of hydrogen-bond donors (Lipinski definition) is 3. The molecule has 12 nitrogen and oxygen atoms in total. The zero-order chi connectivity index (χ0) is 34.6. The molecule has 0 radical (unpaired) electrons. The Balaban J connectivity index is 2.49. The Bertz CT molecular complexity index is 1620. The van der Waals surface area contributed by atoms with Gasteiger partial charge in [0.05, 0.1) is 0 Å². The van der Waals surface area contributed by atoms with Gasteiger partial charge in [-0.1, -0.05) is 0 Å². The van der Waals surface area contributed by atoms with Gasteiger partial charge in [0.1, 0.15) is 0 Å². The Labute approximate surface area is 280 Å². The van der Waals surface area contributed by atoms with E-state index in [-0.39, 0.29) is 34.3 Å². The first-order valence-electron chi connectivity index (χ1n) is 14.3. The molecule has 0 aliphatic rings. The Morgan fingerprint density at radius 2 is 0.717 bits per heavy atom. The van der Waals surface area contributed by atoms with Crippen molar-refractivity contribution in [3.05, 3.63) is 72.8 Å². The van der Waals surface area contributed by atoms with E-state index < -0.39 is 70.1 Å². The van der Waals surface area contributed by atoms with E-state index in [2.05, 4.69) is 0 Å². The molecular weight excluding hydrogens is 852 g/mol. The van der Waals surface area contributed by atoms with E-state index in [0.29, 0.717) is 9.81 Å². The van der Waals surface area contributed by atoms with Crippen LogP contribution in [0, 0.1) is 0 Å². The second-order valence-electron chi connectivity index (χ2n) is 11.1. The van der Waals surface area contributed by atoms with Gasteiger partial charge in [0.2, 0.25) is 0 Å². The number of likely N-dealkylation sites (N-methyl/N-ethyl adjacent to an activating group) is 3. The molecule has 0 aliphatic carbocycles. The summed E-state index contributed by atoms with van der Waals surface area (Å²) in [6.45, 7) is 3.74. The third kappa shape index (κ3) is 8.59. The quantitative estimate of drug-likeness (QED) is 0.166. The molecule has 3 rings (SSSR count). The predicted molar refractivity (Wildman–Crippen MR) is 178 cm³/mol. The molecular formula is C30H42BiN3O9S3. The fraction of sp³-hybridized carbons (Fsp3) is 0.400. The first-order chi connectivity index (χ1) is 21.3. The summed E-state index contributed by atoms with van der Waals surface area (Å²) in [7, 11) is -8.76. The number of aliphatic hydroxyl groups excluding tert-OH is 3. The van der Waals surface area contributed by atoms with Crippen molar-refractivity contribution in [3.8, 4) is 0 Å². The van der Waals surface area contributed by atoms with Crippen molar-refractivity contribution in [1.82, 2.24) is 12.9 Å². The molecule has 0 fully saturated rings. The average molecular weight is 894 g/mol. The van der Waals surface area contributed by atoms with Crippen molar-refractivity contribution in [2.45, 2.75) is 53.8 Å². The maximum absolute atomic E-state index is 14.0. The Morgan fingerprint density at radius 3 is 0.935 bits per heavy atom. The van der Waals surface area contributed by atoms with Crippen LogP contribution in [0.3, 0.4) is 0 Å². The molecule has 0 amide bonds. The average Bonchev–Trinajstić information content (AvgIpc) is 2.97. The summed E-state index contributed by atoms with van der Waals surface area (Å²) in [5.41, 5.74) is 0. The van der Waals surface area contributed by atoms with Crippen LogP contribution in [0.15, 0.2) is 87.5 Å². The van der Waals surface area contributed by atoms with Gasteiger partial charge in [-0.05, 0) is 0 Å². The van der Waals surface area contributed by atoms with E-state index in [0.717, 1.165) is 12.9 Å². The summed E-state index contributed by atoms with van der Waals surface area (Å²) < 4.78 is 88.0. The molecule has 0 bridgehead atoms. The molecule has 3 N–H and O–H groups in total. The van der Waals surface area contributed by atoms with Crippen LogP contribution >= 0.6 is 0 Å². The molecule has 0 saturated carbocycles. The summed E-state index contributed by atoms with van der Waals surface area (Å²) in [6, 6.07) is 18.4. The predicted octanol–water partition coefficient (Wildman–Crippen LogP) is -0.793. The van der Waals surface area contributed by atoms with E-state index in [4.69, 9.17) is 0 Å². The topological polar surface area (TPSA) is 173 Å². The third-order valence-electron chi connectivity index (χ3n) is 6.95. The molecule has 3 aromatic rings. The molecule has 46 heavy (non-hydrogen) atoms. The normalized spacial score (nSPS) is 15.1. The standard InChI is InChI=1S/3C10H14NO3S.Bi/c3*1-9(12)8-11(2)15(13,14)10-6-4-3-5-7-10;/h3*3-6,9,12H,8H2,1-2H3;. The number of aliphatic hydroxyl groups is 3. The second kappa shape index (κ2) is 15.6. The molecule has 0 aromatic heterocycles. The molecule has 16 heteroatoms. The van der Waals surface area contributed by atoms with Crippen LogP contribution in [0.4, 0.5) is 0 Å². The Hall–Kier alpha value is -1.85. The van der Waals surface area contributed by atoms with Crippen LogP contribution in [-0.4, -0.2) is 134 Å². The molecule has 3 aromatic carbocycles. The van der Waals surface area contributed by atoms with Crippen LogP contribution < -0.4 is 9.81 Å². The number of nitrogens with zero attached hydrogens (tertiary/aromatic N) is 3. The molecule has 0 heterocycles. The summed E-state index contributed by atoms with van der Waals surface area (Å²) in [4.78, 5) is -0.361. The maximum atomic E-state index is 14.0. The monoisotopic (exact) mass is 893 g/mol. The van der Waals surface area contributed by atoms with Crippen molar-refractivity contribution < 1.29 is 40.6 Å². The van der Waals surface area contributed by atoms with Gasteiger partial charge < -0.3 is 0 Å². The third-order valence-corrected chi connectivity index (χ3v) is 24.6. The molecule has 0 saturated heterocycles. The molecule has 3 atom stereocenters. The van der Waals surface area contributed by atoms with Gasteiger partial charge in [0.25, 0.3) is 0 Å². The number of rotatable bonds is 15. The zero-order valence-electron chi connectivity index (χ0n) is 26.6. The van der Waals surface area contributed by atoms with Crippen LogP contribution in [0.5, 0.6) is 0 Å². The molecule has 0 spiro atoms. The molecule has 0 aliphatic heterocycles. The van der Waals surface area contributed by atoms with Gasteiger partial charge >= 0.3 is 282 Å². The number of hydrogen-bond acceptors (Lipinski definition) is 9. The Kier molecular flexibility index (Phi) is 13.1. The van der Waals surface area contributed by atoms with E-state index in [1.165, 1.54) is 78.3 Å². The van der Waals surface area contributed by atoms with Gasteiger partial charge in [-0.3, -0.25) is 0 Å². The first kappa shape index (κ1) is 38.6. The molecule has 3 unspecified atom stereocenters. The van der Waals surface area contributed by atoms with Gasteiger partial charge in [-0.15, -0.1) is 0 Å². The first-order valence-corrected chi connectivity index (χ1v) is 23.9. The van der Waals surface area contributed by atoms with Crippen LogP contribution in [0.2, 0.25) is 0 Å². The van der Waals surface area contributed by atoms with Crippen LogP contribution in [-0.2, 0) is 30.1 Å². The second-order valence-corrected chi connectivity index (χ2v) is 25.4. The fourth-order valence-corrected chi connectivity index (χ4v) is 24.5. The van der Waals surface area contributed by atoms with E-state index in [1.807, 2.05) is 0 Å². The van der Waals surface area contributed by atoms with E-state index in [1.54, 1.807) is 36.4 Å². The number of benzene rings is 3. The van der Waals surface area contributed by atoms with Crippen molar-refractivity contribution in [2.24, 2.45) is 0 Å². The Morgan fingerprint density at radius 1 is 0.500 bits per heavy atom. The summed E-state index contributed by atoms with van der Waals surface area (Å²) in [5, 5.41) is 29.9. The fourth-order valence-electron chi connectivity index (χ4n) is 4.88. The molecule has 254 valence electrons. The minimum atomic E-state index is -4.34. The minimum absolute atomic E-state index is 0.120. The van der Waals surface area contributed by atoms with Crippen LogP contribution in [0.1, 0.15) is 20.8 Å². The zero-order valence-corrected chi connectivity index (χ0v) is 32.5. The van der Waals surface area contributed by atoms with Crippen molar-refractivity contribution in [1.29, 1.82) is 0 Å². The van der Waals surface area contributed by atoms with Crippen LogP contribution in [0.25, 0.3) is 0 Å². The van der Waals surface area contributed by atoms with Gasteiger partial charge in [0.15, 0.2) is 0 Å². The SMILES string of the molecule is CC(O)CN(C)S(=O)(=O)c1cccc[c]1[Bi]([c]1ccccc1S(=O)(=O)N(C)CC(C)O)[c]1ccccc1S(=O)(=O)N(C)CC(C)O. The number of sulfonamides is 3. The van der Waals surface area contributed by atoms with Gasteiger partial charge in [-0.2, -0.15) is 0 Å². The van der Waals surface area contributed by atoms with Crippen molar-refractivity contribution in [3.63, 3.8) is 0 Å². The van der Waals surface area contributed by atoms with E-state index >= 15 is 0 Å². The van der Waals surface area contributed by atoms with Crippen molar-refractivity contribution >= 4 is 61.6 Å². The summed E-state index contributed by atoms with van der Waals surface area (Å²) in [6.07, 6.45) is -2.93. The van der Waals surface area contributed by atoms with Crippen molar-refractivity contribution in [2.75, 3.05) is 40.8 Å². The summed E-state index contributed by atoms with van der Waals surface area (Å²) >= 11 is -4.34. The van der Waals surface area contributed by atoms with Gasteiger partial charge in [0, 0.05) is 0 Å². The van der Waals surface area contributed by atoms with Gasteiger partial charge in [-0.25, -0.2) is 0 Å². The van der Waals surface area contributed by atoms with E-state index in [9.17, 15) is 40.6 Å².